The number of benzene rings is 2. The highest BCUT2D eigenvalue weighted by atomic mass is 35.5. The Bertz CT molecular complexity index is 920. The van der Waals surface area contributed by atoms with Crippen LogP contribution in [0.3, 0.4) is 0 Å². The summed E-state index contributed by atoms with van der Waals surface area (Å²) in [5.41, 5.74) is 3.05. The molecule has 2 aliphatic rings. The second-order valence-electron chi connectivity index (χ2n) is 6.80. The monoisotopic (exact) mass is 369 g/mol. The Morgan fingerprint density at radius 3 is 2.42 bits per heavy atom. The summed E-state index contributed by atoms with van der Waals surface area (Å²) in [6.07, 6.45) is 1.12. The molecule has 1 N–H and O–H groups in total. The van der Waals surface area contributed by atoms with Crippen molar-refractivity contribution in [1.29, 1.82) is 0 Å². The van der Waals surface area contributed by atoms with Crippen LogP contribution in [0.4, 0.5) is 4.39 Å². The lowest BCUT2D eigenvalue weighted by atomic mass is 9.73. The molecule has 132 valence electrons. The maximum absolute atomic E-state index is 13.2. The van der Waals surface area contributed by atoms with Crippen LogP contribution in [0.2, 0.25) is 5.02 Å². The standard InChI is InChI=1S/C21H17ClFNO2/c22-17-4-2-1-3-15(17)16-11-20(26)24-18-9-13(10-19(25)21(16)18)12-5-7-14(23)8-6-12/h1-8,13,16H,9-11H2,(H,24,26). The molecule has 26 heavy (non-hydrogen) atoms. The van der Waals surface area contributed by atoms with Gasteiger partial charge in [0.25, 0.3) is 0 Å². The molecule has 1 aliphatic heterocycles. The van der Waals surface area contributed by atoms with Crippen molar-refractivity contribution in [3.05, 3.63) is 81.8 Å². The SMILES string of the molecule is O=C1CC(c2ccccc2Cl)C2=C(CC(c3ccc(F)cc3)CC2=O)N1. The van der Waals surface area contributed by atoms with Gasteiger partial charge < -0.3 is 5.32 Å². The predicted molar refractivity (Wildman–Crippen MR) is 97.4 cm³/mol. The van der Waals surface area contributed by atoms with Crippen LogP contribution < -0.4 is 5.32 Å². The Kier molecular flexibility index (Phi) is 4.37. The van der Waals surface area contributed by atoms with E-state index in [2.05, 4.69) is 5.32 Å². The van der Waals surface area contributed by atoms with Crippen molar-refractivity contribution in [1.82, 2.24) is 5.32 Å². The fourth-order valence-electron chi connectivity index (χ4n) is 3.95. The van der Waals surface area contributed by atoms with E-state index in [9.17, 15) is 14.0 Å². The van der Waals surface area contributed by atoms with Gasteiger partial charge in [0.2, 0.25) is 5.91 Å². The van der Waals surface area contributed by atoms with Crippen molar-refractivity contribution in [3.8, 4) is 0 Å². The van der Waals surface area contributed by atoms with Gasteiger partial charge in [-0.1, -0.05) is 41.9 Å². The number of rotatable bonds is 2. The molecule has 0 fully saturated rings. The molecule has 0 saturated heterocycles. The topological polar surface area (TPSA) is 46.2 Å². The van der Waals surface area contributed by atoms with Gasteiger partial charge in [0.15, 0.2) is 5.78 Å². The summed E-state index contributed by atoms with van der Waals surface area (Å²) < 4.78 is 13.2. The molecular weight excluding hydrogens is 353 g/mol. The lowest BCUT2D eigenvalue weighted by Gasteiger charge is -2.34. The molecule has 2 aromatic carbocycles. The third-order valence-corrected chi connectivity index (χ3v) is 5.50. The van der Waals surface area contributed by atoms with E-state index in [-0.39, 0.29) is 35.8 Å². The maximum atomic E-state index is 13.2. The van der Waals surface area contributed by atoms with Crippen LogP contribution in [0.15, 0.2) is 59.8 Å². The molecule has 2 atom stereocenters. The molecule has 4 rings (SSSR count). The number of carbonyl (C=O) groups excluding carboxylic acids is 2. The maximum Gasteiger partial charge on any atom is 0.225 e. The van der Waals surface area contributed by atoms with Gasteiger partial charge in [-0.25, -0.2) is 4.39 Å². The van der Waals surface area contributed by atoms with E-state index in [4.69, 9.17) is 11.6 Å². The molecule has 0 aromatic heterocycles. The predicted octanol–water partition coefficient (Wildman–Crippen LogP) is 4.48. The smallest absolute Gasteiger partial charge is 0.225 e. The molecule has 0 radical (unpaired) electrons. The highest BCUT2D eigenvalue weighted by Gasteiger charge is 2.38. The van der Waals surface area contributed by atoms with Gasteiger partial charge in [0.05, 0.1) is 0 Å². The van der Waals surface area contributed by atoms with Crippen LogP contribution in [-0.4, -0.2) is 11.7 Å². The highest BCUT2D eigenvalue weighted by Crippen LogP contribution is 2.43. The molecule has 0 bridgehead atoms. The zero-order valence-electron chi connectivity index (χ0n) is 14.0. The van der Waals surface area contributed by atoms with E-state index in [0.29, 0.717) is 29.1 Å². The number of Topliss-reactive ketones (excluding diaryl/α,β-unsaturated/α-hetero) is 1. The zero-order valence-corrected chi connectivity index (χ0v) is 14.7. The summed E-state index contributed by atoms with van der Waals surface area (Å²) in [6, 6.07) is 13.5. The van der Waals surface area contributed by atoms with Gasteiger partial charge in [-0.3, -0.25) is 9.59 Å². The van der Waals surface area contributed by atoms with Crippen LogP contribution in [0.5, 0.6) is 0 Å². The minimum Gasteiger partial charge on any atom is -0.329 e. The van der Waals surface area contributed by atoms with Crippen LogP contribution >= 0.6 is 11.6 Å². The van der Waals surface area contributed by atoms with Gasteiger partial charge in [-0.2, -0.15) is 0 Å². The van der Waals surface area contributed by atoms with Gasteiger partial charge in [0.1, 0.15) is 5.82 Å². The number of hydrogen-bond donors (Lipinski definition) is 1. The first-order valence-electron chi connectivity index (χ1n) is 8.59. The van der Waals surface area contributed by atoms with E-state index in [0.717, 1.165) is 11.1 Å². The lowest BCUT2D eigenvalue weighted by molar-refractivity contribution is -0.122. The van der Waals surface area contributed by atoms with Crippen LogP contribution in [0.25, 0.3) is 0 Å². The minimum absolute atomic E-state index is 0.0190. The number of amides is 1. The average molecular weight is 370 g/mol. The molecule has 5 heteroatoms. The molecule has 1 heterocycles. The quantitative estimate of drug-likeness (QED) is 0.848. The lowest BCUT2D eigenvalue weighted by Crippen LogP contribution is -2.38. The summed E-state index contributed by atoms with van der Waals surface area (Å²) in [5.74, 6) is -0.770. The third-order valence-electron chi connectivity index (χ3n) is 5.16. The normalized spacial score (nSPS) is 22.8. The number of hydrogen-bond acceptors (Lipinski definition) is 2. The van der Waals surface area contributed by atoms with Crippen molar-refractivity contribution >= 4 is 23.3 Å². The van der Waals surface area contributed by atoms with Crippen molar-refractivity contribution < 1.29 is 14.0 Å². The van der Waals surface area contributed by atoms with Gasteiger partial charge in [-0.05, 0) is 41.7 Å². The van der Waals surface area contributed by atoms with Crippen molar-refractivity contribution in [3.63, 3.8) is 0 Å². The van der Waals surface area contributed by atoms with Crippen molar-refractivity contribution in [2.45, 2.75) is 31.1 Å². The third kappa shape index (κ3) is 3.06. The summed E-state index contributed by atoms with van der Waals surface area (Å²) >= 11 is 6.32. The molecule has 1 aliphatic carbocycles. The zero-order chi connectivity index (χ0) is 18.3. The fraction of sp³-hybridized carbons (Fsp3) is 0.238. The van der Waals surface area contributed by atoms with Crippen LogP contribution in [-0.2, 0) is 9.59 Å². The first-order valence-corrected chi connectivity index (χ1v) is 8.96. The molecular formula is C21H17ClFNO2. The van der Waals surface area contributed by atoms with E-state index >= 15 is 0 Å². The second kappa shape index (κ2) is 6.69. The Morgan fingerprint density at radius 1 is 0.962 bits per heavy atom. The second-order valence-corrected chi connectivity index (χ2v) is 7.21. The van der Waals surface area contributed by atoms with Crippen LogP contribution in [0, 0.1) is 5.82 Å². The number of nitrogens with one attached hydrogen (secondary N) is 1. The van der Waals surface area contributed by atoms with Gasteiger partial charge >= 0.3 is 0 Å². The Morgan fingerprint density at radius 2 is 1.69 bits per heavy atom. The number of carbonyl (C=O) groups is 2. The molecule has 3 nitrogen and oxygen atoms in total. The van der Waals surface area contributed by atoms with Gasteiger partial charge in [-0.15, -0.1) is 0 Å². The Labute approximate surface area is 155 Å². The Hall–Kier alpha value is -2.46. The number of halogens is 2. The van der Waals surface area contributed by atoms with Gasteiger partial charge in [0, 0.05) is 35.1 Å². The van der Waals surface area contributed by atoms with Crippen molar-refractivity contribution in [2.24, 2.45) is 0 Å². The summed E-state index contributed by atoms with van der Waals surface area (Å²) in [4.78, 5) is 25.2. The number of ketones is 1. The largest absolute Gasteiger partial charge is 0.329 e. The van der Waals surface area contributed by atoms with E-state index in [1.54, 1.807) is 18.2 Å². The highest BCUT2D eigenvalue weighted by molar-refractivity contribution is 6.31. The molecule has 1 amide bonds. The van der Waals surface area contributed by atoms with Crippen molar-refractivity contribution in [2.75, 3.05) is 0 Å². The summed E-state index contributed by atoms with van der Waals surface area (Å²) in [5, 5.41) is 3.44. The number of allylic oxidation sites excluding steroid dienone is 2. The fourth-order valence-corrected chi connectivity index (χ4v) is 4.22. The first kappa shape index (κ1) is 17.0. The minimum atomic E-state index is -0.311. The first-order chi connectivity index (χ1) is 12.5. The Balaban J connectivity index is 1.73. The molecule has 2 aromatic rings. The molecule has 0 saturated carbocycles. The van der Waals surface area contributed by atoms with Crippen LogP contribution in [0.1, 0.15) is 42.2 Å². The van der Waals surface area contributed by atoms with E-state index in [1.807, 2.05) is 18.2 Å². The summed E-state index contributed by atoms with van der Waals surface area (Å²) in [7, 11) is 0. The molecule has 0 spiro atoms. The van der Waals surface area contributed by atoms with E-state index in [1.165, 1.54) is 12.1 Å². The summed E-state index contributed by atoms with van der Waals surface area (Å²) in [6.45, 7) is 0. The average Bonchev–Trinajstić information content (AvgIpc) is 2.61. The van der Waals surface area contributed by atoms with E-state index < -0.39 is 0 Å². The molecule has 2 unspecified atom stereocenters.